The van der Waals surface area contributed by atoms with Gasteiger partial charge in [0.1, 0.15) is 11.5 Å². The normalized spacial score (nSPS) is 15.8. The molecule has 1 fully saturated rings. The molecule has 0 atom stereocenters. The number of rotatable bonds is 6. The van der Waals surface area contributed by atoms with E-state index in [2.05, 4.69) is 37.4 Å². The number of carbonyl (C=O) groups excluding carboxylic acids is 1. The third kappa shape index (κ3) is 4.25. The molecular weight excluding hydrogens is 405 g/mol. The summed E-state index contributed by atoms with van der Waals surface area (Å²) in [6, 6.07) is 15.0. The molecule has 1 amide bonds. The van der Waals surface area contributed by atoms with E-state index in [9.17, 15) is 9.18 Å². The molecule has 7 heteroatoms. The summed E-state index contributed by atoms with van der Waals surface area (Å²) in [5.74, 6) is -0.269. The van der Waals surface area contributed by atoms with Gasteiger partial charge >= 0.3 is 0 Å². The van der Waals surface area contributed by atoms with Gasteiger partial charge in [0.25, 0.3) is 5.91 Å². The Kier molecular flexibility index (Phi) is 5.90. The minimum atomic E-state index is -0.199. The van der Waals surface area contributed by atoms with Gasteiger partial charge in [0, 0.05) is 49.5 Å². The van der Waals surface area contributed by atoms with Crippen LogP contribution in [-0.4, -0.2) is 60.3 Å². The van der Waals surface area contributed by atoms with E-state index in [4.69, 9.17) is 0 Å². The Morgan fingerprint density at radius 3 is 2.62 bits per heavy atom. The zero-order chi connectivity index (χ0) is 21.9. The van der Waals surface area contributed by atoms with Crippen molar-refractivity contribution in [1.82, 2.24) is 20.4 Å². The molecule has 1 saturated heterocycles. The predicted octanol–water partition coefficient (Wildman–Crippen LogP) is 3.26. The summed E-state index contributed by atoms with van der Waals surface area (Å²) in [5, 5.41) is 10.5. The third-order valence-electron chi connectivity index (χ3n) is 6.51. The minimum absolute atomic E-state index is 0.0701. The van der Waals surface area contributed by atoms with Crippen molar-refractivity contribution in [3.05, 3.63) is 71.2 Å². The van der Waals surface area contributed by atoms with Crippen molar-refractivity contribution in [1.29, 1.82) is 0 Å². The number of piperazine rings is 1. The molecule has 2 N–H and O–H groups in total. The SMILES string of the molecule is O=C(NCCCN1CCN(c2ccc(F)cc2)CC1)c1[nH]nc2c1CCc1ccccc1-2. The first-order chi connectivity index (χ1) is 15.7. The molecule has 166 valence electrons. The number of benzene rings is 2. The molecule has 5 rings (SSSR count). The fraction of sp³-hybridized carbons (Fsp3) is 0.360. The minimum Gasteiger partial charge on any atom is -0.369 e. The summed E-state index contributed by atoms with van der Waals surface area (Å²) < 4.78 is 13.1. The molecule has 1 aliphatic heterocycles. The fourth-order valence-electron chi connectivity index (χ4n) is 4.72. The zero-order valence-corrected chi connectivity index (χ0v) is 18.1. The van der Waals surface area contributed by atoms with Crippen LogP contribution in [0.1, 0.15) is 28.0 Å². The average molecular weight is 434 g/mol. The smallest absolute Gasteiger partial charge is 0.269 e. The second-order valence-electron chi connectivity index (χ2n) is 8.50. The van der Waals surface area contributed by atoms with Crippen LogP contribution in [-0.2, 0) is 12.8 Å². The number of nitrogens with zero attached hydrogens (tertiary/aromatic N) is 3. The summed E-state index contributed by atoms with van der Waals surface area (Å²) >= 11 is 0. The van der Waals surface area contributed by atoms with Gasteiger partial charge in [0.05, 0.1) is 5.69 Å². The highest BCUT2D eigenvalue weighted by Gasteiger charge is 2.25. The lowest BCUT2D eigenvalue weighted by molar-refractivity contribution is 0.0945. The number of aryl methyl sites for hydroxylation is 1. The molecule has 0 spiro atoms. The number of halogens is 1. The summed E-state index contributed by atoms with van der Waals surface area (Å²) in [5.41, 5.74) is 6.03. The van der Waals surface area contributed by atoms with Crippen molar-refractivity contribution < 1.29 is 9.18 Å². The van der Waals surface area contributed by atoms with Gasteiger partial charge in [-0.2, -0.15) is 5.10 Å². The number of nitrogens with one attached hydrogen (secondary N) is 2. The molecule has 1 aromatic heterocycles. The highest BCUT2D eigenvalue weighted by molar-refractivity contribution is 5.96. The Morgan fingerprint density at radius 2 is 1.81 bits per heavy atom. The van der Waals surface area contributed by atoms with Crippen molar-refractivity contribution in [2.24, 2.45) is 0 Å². The Morgan fingerprint density at radius 1 is 1.03 bits per heavy atom. The number of H-pyrrole nitrogens is 1. The quantitative estimate of drug-likeness (QED) is 0.586. The van der Waals surface area contributed by atoms with Crippen LogP contribution in [0.4, 0.5) is 10.1 Å². The number of aromatic amines is 1. The topological polar surface area (TPSA) is 64.3 Å². The summed E-state index contributed by atoms with van der Waals surface area (Å²) in [6.45, 7) is 5.39. The highest BCUT2D eigenvalue weighted by atomic mass is 19.1. The van der Waals surface area contributed by atoms with E-state index in [0.717, 1.165) is 74.5 Å². The second-order valence-corrected chi connectivity index (χ2v) is 8.50. The molecule has 0 saturated carbocycles. The maximum absolute atomic E-state index is 13.1. The lowest BCUT2D eigenvalue weighted by Gasteiger charge is -2.36. The van der Waals surface area contributed by atoms with E-state index in [1.165, 1.54) is 17.7 Å². The van der Waals surface area contributed by atoms with Gasteiger partial charge in [-0.1, -0.05) is 24.3 Å². The van der Waals surface area contributed by atoms with Gasteiger partial charge < -0.3 is 10.2 Å². The van der Waals surface area contributed by atoms with Crippen molar-refractivity contribution in [3.63, 3.8) is 0 Å². The Labute approximate surface area is 187 Å². The van der Waals surface area contributed by atoms with Crippen molar-refractivity contribution >= 4 is 11.6 Å². The van der Waals surface area contributed by atoms with Crippen LogP contribution in [0.5, 0.6) is 0 Å². The third-order valence-corrected chi connectivity index (χ3v) is 6.51. The first-order valence-electron chi connectivity index (χ1n) is 11.4. The van der Waals surface area contributed by atoms with E-state index in [-0.39, 0.29) is 11.7 Å². The number of anilines is 1. The monoisotopic (exact) mass is 433 g/mol. The molecule has 0 radical (unpaired) electrons. The van der Waals surface area contributed by atoms with Gasteiger partial charge in [-0.05, 0) is 55.6 Å². The van der Waals surface area contributed by atoms with E-state index >= 15 is 0 Å². The number of hydrogen-bond donors (Lipinski definition) is 2. The van der Waals surface area contributed by atoms with Crippen LogP contribution < -0.4 is 10.2 Å². The molecular formula is C25H28FN5O. The van der Waals surface area contributed by atoms with Gasteiger partial charge in [-0.15, -0.1) is 0 Å². The number of hydrogen-bond acceptors (Lipinski definition) is 4. The molecule has 32 heavy (non-hydrogen) atoms. The molecule has 2 aromatic carbocycles. The fourth-order valence-corrected chi connectivity index (χ4v) is 4.72. The van der Waals surface area contributed by atoms with E-state index in [1.54, 1.807) is 0 Å². The molecule has 6 nitrogen and oxygen atoms in total. The lowest BCUT2D eigenvalue weighted by atomic mass is 9.89. The predicted molar refractivity (Wildman–Crippen MR) is 123 cm³/mol. The first kappa shape index (κ1) is 20.7. The van der Waals surface area contributed by atoms with Crippen LogP contribution in [0.25, 0.3) is 11.3 Å². The maximum atomic E-state index is 13.1. The number of carbonyl (C=O) groups is 1. The molecule has 2 aliphatic rings. The van der Waals surface area contributed by atoms with E-state index in [1.807, 2.05) is 24.3 Å². The van der Waals surface area contributed by atoms with E-state index in [0.29, 0.717) is 12.2 Å². The Bertz CT molecular complexity index is 1090. The number of aromatic nitrogens is 2. The van der Waals surface area contributed by atoms with E-state index < -0.39 is 0 Å². The van der Waals surface area contributed by atoms with Crippen LogP contribution >= 0.6 is 0 Å². The van der Waals surface area contributed by atoms with Gasteiger partial charge in [-0.25, -0.2) is 4.39 Å². The Hall–Kier alpha value is -3.19. The summed E-state index contributed by atoms with van der Waals surface area (Å²) in [7, 11) is 0. The summed E-state index contributed by atoms with van der Waals surface area (Å²) in [4.78, 5) is 17.4. The molecule has 3 aromatic rings. The van der Waals surface area contributed by atoms with Crippen molar-refractivity contribution in [2.75, 3.05) is 44.2 Å². The van der Waals surface area contributed by atoms with Crippen molar-refractivity contribution in [2.45, 2.75) is 19.3 Å². The molecule has 0 unspecified atom stereocenters. The summed E-state index contributed by atoms with van der Waals surface area (Å²) in [6.07, 6.45) is 2.68. The zero-order valence-electron chi connectivity index (χ0n) is 18.1. The number of amides is 1. The van der Waals surface area contributed by atoms with Gasteiger partial charge in [-0.3, -0.25) is 14.8 Å². The largest absolute Gasteiger partial charge is 0.369 e. The van der Waals surface area contributed by atoms with Crippen LogP contribution in [0.2, 0.25) is 0 Å². The first-order valence-corrected chi connectivity index (χ1v) is 11.4. The standard InChI is InChI=1S/C25H28FN5O/c26-19-7-9-20(10-8-19)31-16-14-30(15-17-31)13-3-12-27-25(32)24-22-11-6-18-4-1-2-5-21(18)23(22)28-29-24/h1-2,4-5,7-10H,3,6,11-17H2,(H,27,32)(H,28,29). The highest BCUT2D eigenvalue weighted by Crippen LogP contribution is 2.33. The molecule has 0 bridgehead atoms. The van der Waals surface area contributed by atoms with Crippen LogP contribution in [0.3, 0.4) is 0 Å². The lowest BCUT2D eigenvalue weighted by Crippen LogP contribution is -2.47. The number of fused-ring (bicyclic) bond motifs is 3. The van der Waals surface area contributed by atoms with Crippen molar-refractivity contribution in [3.8, 4) is 11.3 Å². The molecule has 2 heterocycles. The average Bonchev–Trinajstić information content (AvgIpc) is 3.28. The van der Waals surface area contributed by atoms with Crippen LogP contribution in [0.15, 0.2) is 48.5 Å². The maximum Gasteiger partial charge on any atom is 0.269 e. The van der Waals surface area contributed by atoms with Crippen LogP contribution in [0, 0.1) is 5.82 Å². The van der Waals surface area contributed by atoms with Gasteiger partial charge in [0.2, 0.25) is 0 Å². The second kappa shape index (κ2) is 9.12. The van der Waals surface area contributed by atoms with Gasteiger partial charge in [0.15, 0.2) is 0 Å². The Balaban J connectivity index is 1.08. The molecule has 1 aliphatic carbocycles.